The van der Waals surface area contributed by atoms with Crippen LogP contribution in [0.15, 0.2) is 52.3 Å². The lowest BCUT2D eigenvalue weighted by atomic mass is 10.2. The van der Waals surface area contributed by atoms with Crippen molar-refractivity contribution in [2.24, 2.45) is 0 Å². The zero-order valence-corrected chi connectivity index (χ0v) is 11.4. The van der Waals surface area contributed by atoms with E-state index in [1.807, 2.05) is 6.07 Å². The predicted octanol–water partition coefficient (Wildman–Crippen LogP) is 3.63. The smallest absolute Gasteiger partial charge is 0.269 e. The molecule has 0 spiro atoms. The second-order valence-electron chi connectivity index (χ2n) is 3.83. The zero-order chi connectivity index (χ0) is 14.5. The molecule has 0 atom stereocenters. The van der Waals surface area contributed by atoms with Crippen molar-refractivity contribution < 1.29 is 9.66 Å². The van der Waals surface area contributed by atoms with Gasteiger partial charge >= 0.3 is 0 Å². The van der Waals surface area contributed by atoms with Gasteiger partial charge in [0, 0.05) is 17.0 Å². The number of hydrogen-bond acceptors (Lipinski definition) is 5. The van der Waals surface area contributed by atoms with Crippen molar-refractivity contribution in [1.29, 1.82) is 5.26 Å². The first-order chi connectivity index (χ1) is 9.63. The third kappa shape index (κ3) is 3.08. The fourth-order valence-electron chi connectivity index (χ4n) is 1.58. The number of nitriles is 1. The summed E-state index contributed by atoms with van der Waals surface area (Å²) in [7, 11) is 1.54. The van der Waals surface area contributed by atoms with E-state index in [0.717, 1.165) is 9.79 Å². The van der Waals surface area contributed by atoms with E-state index in [4.69, 9.17) is 10.00 Å². The van der Waals surface area contributed by atoms with Crippen LogP contribution in [0.1, 0.15) is 5.56 Å². The molecule has 20 heavy (non-hydrogen) atoms. The van der Waals surface area contributed by atoms with Crippen molar-refractivity contribution in [1.82, 2.24) is 0 Å². The number of ether oxygens (including phenoxy) is 1. The monoisotopic (exact) mass is 286 g/mol. The molecule has 2 aromatic rings. The third-order valence-electron chi connectivity index (χ3n) is 2.57. The Labute approximate surface area is 120 Å². The number of non-ortho nitro benzene ring substituents is 1. The fraction of sp³-hybridized carbons (Fsp3) is 0.0714. The molecule has 2 aromatic carbocycles. The molecule has 0 bridgehead atoms. The van der Waals surface area contributed by atoms with Gasteiger partial charge in [0.2, 0.25) is 0 Å². The van der Waals surface area contributed by atoms with Gasteiger partial charge < -0.3 is 4.74 Å². The van der Waals surface area contributed by atoms with Gasteiger partial charge in [-0.05, 0) is 30.3 Å². The van der Waals surface area contributed by atoms with Crippen LogP contribution in [0.3, 0.4) is 0 Å². The molecular weight excluding hydrogens is 276 g/mol. The van der Waals surface area contributed by atoms with Crippen LogP contribution in [-0.4, -0.2) is 12.0 Å². The fourth-order valence-corrected chi connectivity index (χ4v) is 2.49. The summed E-state index contributed by atoms with van der Waals surface area (Å²) >= 11 is 1.42. The Kier molecular flexibility index (Phi) is 4.23. The van der Waals surface area contributed by atoms with E-state index in [9.17, 15) is 10.1 Å². The van der Waals surface area contributed by atoms with Crippen molar-refractivity contribution in [3.05, 3.63) is 58.1 Å². The summed E-state index contributed by atoms with van der Waals surface area (Å²) in [5.41, 5.74) is 0.580. The highest BCUT2D eigenvalue weighted by atomic mass is 32.2. The molecule has 0 saturated carbocycles. The Morgan fingerprint density at radius 2 is 1.95 bits per heavy atom. The van der Waals surface area contributed by atoms with Gasteiger partial charge in [-0.2, -0.15) is 5.26 Å². The summed E-state index contributed by atoms with van der Waals surface area (Å²) in [6, 6.07) is 13.5. The number of nitro groups is 1. The molecule has 0 heterocycles. The molecule has 0 N–H and O–H groups in total. The predicted molar refractivity (Wildman–Crippen MR) is 74.9 cm³/mol. The maximum Gasteiger partial charge on any atom is 0.269 e. The number of nitro benzene ring substituents is 1. The molecule has 0 unspecified atom stereocenters. The Morgan fingerprint density at radius 3 is 2.50 bits per heavy atom. The van der Waals surface area contributed by atoms with E-state index in [1.54, 1.807) is 30.3 Å². The Balaban J connectivity index is 2.25. The van der Waals surface area contributed by atoms with Crippen molar-refractivity contribution in [2.75, 3.05) is 7.11 Å². The average Bonchev–Trinajstić information content (AvgIpc) is 2.48. The van der Waals surface area contributed by atoms with Crippen molar-refractivity contribution in [3.8, 4) is 11.8 Å². The lowest BCUT2D eigenvalue weighted by molar-refractivity contribution is -0.384. The van der Waals surface area contributed by atoms with Gasteiger partial charge in [-0.1, -0.05) is 11.8 Å². The molecule has 5 nitrogen and oxygen atoms in total. The summed E-state index contributed by atoms with van der Waals surface area (Å²) in [5.74, 6) is 0.604. The molecule has 2 rings (SSSR count). The SMILES string of the molecule is COc1cc(C#N)ccc1Sc1ccc([N+](=O)[O-])cc1. The molecular formula is C14H10N2O3S. The summed E-state index contributed by atoms with van der Waals surface area (Å²) < 4.78 is 5.24. The molecule has 0 aliphatic rings. The van der Waals surface area contributed by atoms with E-state index >= 15 is 0 Å². The van der Waals surface area contributed by atoms with Crippen LogP contribution >= 0.6 is 11.8 Å². The van der Waals surface area contributed by atoms with E-state index in [-0.39, 0.29) is 5.69 Å². The van der Waals surface area contributed by atoms with E-state index in [0.29, 0.717) is 11.3 Å². The second-order valence-corrected chi connectivity index (χ2v) is 4.95. The Morgan fingerprint density at radius 1 is 1.25 bits per heavy atom. The van der Waals surface area contributed by atoms with Crippen LogP contribution in [0, 0.1) is 21.4 Å². The van der Waals surface area contributed by atoms with E-state index in [2.05, 4.69) is 0 Å². The number of hydrogen-bond donors (Lipinski definition) is 0. The highest BCUT2D eigenvalue weighted by molar-refractivity contribution is 7.99. The highest BCUT2D eigenvalue weighted by Gasteiger charge is 2.08. The topological polar surface area (TPSA) is 76.2 Å². The number of methoxy groups -OCH3 is 1. The van der Waals surface area contributed by atoms with Crippen molar-refractivity contribution >= 4 is 17.4 Å². The minimum absolute atomic E-state index is 0.0566. The average molecular weight is 286 g/mol. The molecule has 0 aromatic heterocycles. The first-order valence-electron chi connectivity index (χ1n) is 5.64. The van der Waals surface area contributed by atoms with Crippen LogP contribution < -0.4 is 4.74 Å². The molecule has 6 heteroatoms. The second kappa shape index (κ2) is 6.08. The maximum atomic E-state index is 10.6. The first kappa shape index (κ1) is 13.9. The Hall–Kier alpha value is -2.52. The molecule has 0 amide bonds. The van der Waals surface area contributed by atoms with Crippen LogP contribution in [0.2, 0.25) is 0 Å². The van der Waals surface area contributed by atoms with Crippen LogP contribution in [0.25, 0.3) is 0 Å². The van der Waals surface area contributed by atoms with Gasteiger partial charge in [0.25, 0.3) is 5.69 Å². The minimum atomic E-state index is -0.434. The molecule has 0 aliphatic carbocycles. The van der Waals surface area contributed by atoms with Gasteiger partial charge in [0.05, 0.1) is 28.6 Å². The molecule has 0 radical (unpaired) electrons. The largest absolute Gasteiger partial charge is 0.496 e. The lowest BCUT2D eigenvalue weighted by Crippen LogP contribution is -1.88. The van der Waals surface area contributed by atoms with Gasteiger partial charge in [0.15, 0.2) is 0 Å². The third-order valence-corrected chi connectivity index (χ3v) is 3.63. The number of nitrogens with zero attached hydrogens (tertiary/aromatic N) is 2. The standard InChI is InChI=1S/C14H10N2O3S/c1-19-13-8-10(9-15)2-7-14(13)20-12-5-3-11(4-6-12)16(17)18/h2-8H,1H3. The lowest BCUT2D eigenvalue weighted by Gasteiger charge is -2.08. The number of benzene rings is 2. The van der Waals surface area contributed by atoms with Gasteiger partial charge in [-0.15, -0.1) is 0 Å². The zero-order valence-electron chi connectivity index (χ0n) is 10.6. The molecule has 0 fully saturated rings. The van der Waals surface area contributed by atoms with Gasteiger partial charge in [-0.3, -0.25) is 10.1 Å². The van der Waals surface area contributed by atoms with Crippen LogP contribution in [0.4, 0.5) is 5.69 Å². The first-order valence-corrected chi connectivity index (χ1v) is 6.46. The maximum absolute atomic E-state index is 10.6. The normalized spacial score (nSPS) is 9.80. The molecule has 0 saturated heterocycles. The summed E-state index contributed by atoms with van der Waals surface area (Å²) in [6.07, 6.45) is 0. The number of rotatable bonds is 4. The van der Waals surface area contributed by atoms with Crippen LogP contribution in [-0.2, 0) is 0 Å². The van der Waals surface area contributed by atoms with Crippen LogP contribution in [0.5, 0.6) is 5.75 Å². The van der Waals surface area contributed by atoms with Crippen molar-refractivity contribution in [2.45, 2.75) is 9.79 Å². The van der Waals surface area contributed by atoms with Gasteiger partial charge in [0.1, 0.15) is 5.75 Å². The molecule has 0 aliphatic heterocycles. The highest BCUT2D eigenvalue weighted by Crippen LogP contribution is 2.35. The van der Waals surface area contributed by atoms with E-state index < -0.39 is 4.92 Å². The summed E-state index contributed by atoms with van der Waals surface area (Å²) in [6.45, 7) is 0. The molecule has 100 valence electrons. The van der Waals surface area contributed by atoms with Crippen molar-refractivity contribution in [3.63, 3.8) is 0 Å². The van der Waals surface area contributed by atoms with Gasteiger partial charge in [-0.25, -0.2) is 0 Å². The van der Waals surface area contributed by atoms with E-state index in [1.165, 1.54) is 31.0 Å². The quantitative estimate of drug-likeness (QED) is 0.633. The summed E-state index contributed by atoms with van der Waals surface area (Å²) in [5, 5.41) is 19.4. The summed E-state index contributed by atoms with van der Waals surface area (Å²) in [4.78, 5) is 11.9. The Bertz CT molecular complexity index is 678. The minimum Gasteiger partial charge on any atom is -0.496 e.